The van der Waals surface area contributed by atoms with Gasteiger partial charge in [0.25, 0.3) is 0 Å². The van der Waals surface area contributed by atoms with Crippen molar-refractivity contribution in [1.82, 2.24) is 9.61 Å². The maximum Gasteiger partial charge on any atom is 0.418 e. The highest BCUT2D eigenvalue weighted by atomic mass is 19.4. The van der Waals surface area contributed by atoms with Crippen LogP contribution in [0.2, 0.25) is 0 Å². The first-order chi connectivity index (χ1) is 6.98. The third-order valence-electron chi connectivity index (χ3n) is 2.04. The lowest BCUT2D eigenvalue weighted by Gasteiger charge is -2.14. The van der Waals surface area contributed by atoms with Crippen molar-refractivity contribution >= 4 is 5.52 Å². The molecule has 1 atom stereocenters. The van der Waals surface area contributed by atoms with E-state index in [-0.39, 0.29) is 5.56 Å². The molecule has 15 heavy (non-hydrogen) atoms. The third-order valence-corrected chi connectivity index (χ3v) is 2.04. The fourth-order valence-electron chi connectivity index (χ4n) is 1.28. The molecule has 0 saturated heterocycles. The maximum absolute atomic E-state index is 12.2. The van der Waals surface area contributed by atoms with Gasteiger partial charge >= 0.3 is 6.18 Å². The van der Waals surface area contributed by atoms with Crippen LogP contribution in [-0.2, 0) is 0 Å². The van der Waals surface area contributed by atoms with E-state index in [0.29, 0.717) is 5.52 Å². The molecule has 6 heteroatoms. The zero-order chi connectivity index (χ0) is 11.1. The Bertz CT molecular complexity index is 477. The van der Waals surface area contributed by atoms with Gasteiger partial charge in [-0.25, -0.2) is 4.52 Å². The summed E-state index contributed by atoms with van der Waals surface area (Å²) >= 11 is 0. The Balaban J connectivity index is 2.44. The number of halogens is 3. The monoisotopic (exact) mass is 216 g/mol. The fourth-order valence-corrected chi connectivity index (χ4v) is 1.28. The highest BCUT2D eigenvalue weighted by molar-refractivity contribution is 5.46. The van der Waals surface area contributed by atoms with Gasteiger partial charge in [-0.2, -0.15) is 18.3 Å². The molecular formula is C9H7F3N2O. The lowest BCUT2D eigenvalue weighted by Crippen LogP contribution is -2.20. The van der Waals surface area contributed by atoms with E-state index >= 15 is 0 Å². The maximum atomic E-state index is 12.2. The Labute approximate surface area is 82.8 Å². The largest absolute Gasteiger partial charge is 0.418 e. The van der Waals surface area contributed by atoms with Crippen molar-refractivity contribution in [3.8, 4) is 0 Å². The molecule has 2 heterocycles. The van der Waals surface area contributed by atoms with Crippen molar-refractivity contribution < 1.29 is 18.3 Å². The van der Waals surface area contributed by atoms with Crippen LogP contribution >= 0.6 is 0 Å². The standard InChI is InChI=1S/C9H7F3N2O/c10-9(11,12)8(15)6-1-2-7-3-4-13-14(7)5-6/h1-5,8,15H. The van der Waals surface area contributed by atoms with Crippen LogP contribution in [0.25, 0.3) is 5.52 Å². The molecular weight excluding hydrogens is 209 g/mol. The first-order valence-corrected chi connectivity index (χ1v) is 4.16. The second-order valence-electron chi connectivity index (χ2n) is 3.11. The zero-order valence-electron chi connectivity index (χ0n) is 7.44. The van der Waals surface area contributed by atoms with Crippen molar-refractivity contribution in [2.24, 2.45) is 0 Å². The van der Waals surface area contributed by atoms with Gasteiger partial charge in [0, 0.05) is 18.0 Å². The van der Waals surface area contributed by atoms with Crippen LogP contribution in [-0.4, -0.2) is 20.9 Å². The first kappa shape index (κ1) is 9.97. The van der Waals surface area contributed by atoms with Crippen LogP contribution in [0.4, 0.5) is 13.2 Å². The molecule has 0 spiro atoms. The van der Waals surface area contributed by atoms with Gasteiger partial charge in [0.15, 0.2) is 6.10 Å². The lowest BCUT2D eigenvalue weighted by molar-refractivity contribution is -0.206. The molecule has 1 N–H and O–H groups in total. The van der Waals surface area contributed by atoms with Crippen LogP contribution in [0, 0.1) is 0 Å². The number of aromatic nitrogens is 2. The normalized spacial score (nSPS) is 14.4. The van der Waals surface area contributed by atoms with Gasteiger partial charge in [0.1, 0.15) is 0 Å². The van der Waals surface area contributed by atoms with Crippen LogP contribution in [0.3, 0.4) is 0 Å². The smallest absolute Gasteiger partial charge is 0.379 e. The van der Waals surface area contributed by atoms with Gasteiger partial charge in [-0.3, -0.25) is 0 Å². The van der Waals surface area contributed by atoms with Crippen molar-refractivity contribution in [3.05, 3.63) is 36.2 Å². The second kappa shape index (κ2) is 3.23. The van der Waals surface area contributed by atoms with Gasteiger partial charge in [0.2, 0.25) is 0 Å². The number of hydrogen-bond acceptors (Lipinski definition) is 2. The number of nitrogens with zero attached hydrogens (tertiary/aromatic N) is 2. The summed E-state index contributed by atoms with van der Waals surface area (Å²) in [5.74, 6) is 0. The summed E-state index contributed by atoms with van der Waals surface area (Å²) in [4.78, 5) is 0. The Morgan fingerprint density at radius 3 is 2.67 bits per heavy atom. The molecule has 2 aromatic heterocycles. The van der Waals surface area contributed by atoms with E-state index in [2.05, 4.69) is 5.10 Å². The molecule has 0 radical (unpaired) electrons. The van der Waals surface area contributed by atoms with Gasteiger partial charge < -0.3 is 5.11 Å². The van der Waals surface area contributed by atoms with E-state index < -0.39 is 12.3 Å². The van der Waals surface area contributed by atoms with Gasteiger partial charge in [0.05, 0.1) is 5.52 Å². The molecule has 2 aromatic rings. The number of alkyl halides is 3. The highest BCUT2D eigenvalue weighted by Gasteiger charge is 2.39. The highest BCUT2D eigenvalue weighted by Crippen LogP contribution is 2.32. The first-order valence-electron chi connectivity index (χ1n) is 4.16. The average Bonchev–Trinajstić information content (AvgIpc) is 2.61. The van der Waals surface area contributed by atoms with E-state index in [0.717, 1.165) is 6.20 Å². The van der Waals surface area contributed by atoms with Crippen molar-refractivity contribution in [2.75, 3.05) is 0 Å². The molecule has 0 saturated carbocycles. The minimum absolute atomic E-state index is 0.223. The van der Waals surface area contributed by atoms with Gasteiger partial charge in [-0.1, -0.05) is 6.07 Å². The lowest BCUT2D eigenvalue weighted by atomic mass is 10.1. The molecule has 0 fully saturated rings. The van der Waals surface area contributed by atoms with Crippen LogP contribution in [0.15, 0.2) is 30.6 Å². The summed E-state index contributed by atoms with van der Waals surface area (Å²) in [5, 5.41) is 12.8. The fraction of sp³-hybridized carbons (Fsp3) is 0.222. The number of fused-ring (bicyclic) bond motifs is 1. The predicted molar refractivity (Wildman–Crippen MR) is 46.2 cm³/mol. The van der Waals surface area contributed by atoms with Crippen LogP contribution in [0.5, 0.6) is 0 Å². The van der Waals surface area contributed by atoms with Crippen LogP contribution in [0.1, 0.15) is 11.7 Å². The van der Waals surface area contributed by atoms with Crippen molar-refractivity contribution in [1.29, 1.82) is 0 Å². The number of aliphatic hydroxyl groups is 1. The minimum atomic E-state index is -4.65. The molecule has 3 nitrogen and oxygen atoms in total. The molecule has 0 aliphatic rings. The van der Waals surface area contributed by atoms with Crippen LogP contribution < -0.4 is 0 Å². The molecule has 0 aliphatic carbocycles. The molecule has 80 valence electrons. The second-order valence-corrected chi connectivity index (χ2v) is 3.11. The summed E-state index contributed by atoms with van der Waals surface area (Å²) in [7, 11) is 0. The zero-order valence-corrected chi connectivity index (χ0v) is 7.44. The quantitative estimate of drug-likeness (QED) is 0.790. The average molecular weight is 216 g/mol. The van der Waals surface area contributed by atoms with E-state index in [4.69, 9.17) is 5.11 Å². The predicted octanol–water partition coefficient (Wildman–Crippen LogP) is 1.93. The number of pyridine rings is 1. The summed E-state index contributed by atoms with van der Waals surface area (Å²) in [5.41, 5.74) is 0.451. The molecule has 1 unspecified atom stereocenters. The van der Waals surface area contributed by atoms with Crippen molar-refractivity contribution in [2.45, 2.75) is 12.3 Å². The summed E-state index contributed by atoms with van der Waals surface area (Å²) in [6.45, 7) is 0. The molecule has 2 rings (SSSR count). The Hall–Kier alpha value is -1.56. The Morgan fingerprint density at radius 1 is 1.27 bits per heavy atom. The number of aliphatic hydroxyl groups excluding tert-OH is 1. The minimum Gasteiger partial charge on any atom is -0.379 e. The number of hydrogen-bond donors (Lipinski definition) is 1. The topological polar surface area (TPSA) is 37.5 Å². The number of rotatable bonds is 1. The van der Waals surface area contributed by atoms with E-state index in [9.17, 15) is 13.2 Å². The SMILES string of the molecule is OC(c1ccc2ccnn2c1)C(F)(F)F. The Morgan fingerprint density at radius 2 is 2.00 bits per heavy atom. The Kier molecular flexibility index (Phi) is 2.15. The molecule has 0 bridgehead atoms. The molecule has 0 amide bonds. The third kappa shape index (κ3) is 1.80. The summed E-state index contributed by atoms with van der Waals surface area (Å²) in [6, 6.07) is 4.36. The molecule has 0 aliphatic heterocycles. The summed E-state index contributed by atoms with van der Waals surface area (Å²) < 4.78 is 37.8. The van der Waals surface area contributed by atoms with E-state index in [1.54, 1.807) is 6.07 Å². The van der Waals surface area contributed by atoms with E-state index in [1.165, 1.54) is 22.8 Å². The molecule has 0 aromatic carbocycles. The van der Waals surface area contributed by atoms with Gasteiger partial charge in [-0.15, -0.1) is 0 Å². The van der Waals surface area contributed by atoms with E-state index in [1.807, 2.05) is 0 Å². The van der Waals surface area contributed by atoms with Crippen molar-refractivity contribution in [3.63, 3.8) is 0 Å². The van der Waals surface area contributed by atoms with Gasteiger partial charge in [-0.05, 0) is 12.1 Å². The summed E-state index contributed by atoms with van der Waals surface area (Å²) in [6.07, 6.45) is -4.49.